The van der Waals surface area contributed by atoms with Gasteiger partial charge in [-0.1, -0.05) is 17.7 Å². The number of nitrogens with zero attached hydrogens (tertiary/aromatic N) is 5. The highest BCUT2D eigenvalue weighted by Gasteiger charge is 2.49. The third-order valence-electron chi connectivity index (χ3n) is 10.1. The number of nitrogens with two attached hydrogens (primary N) is 1. The van der Waals surface area contributed by atoms with E-state index < -0.39 is 48.5 Å². The SMILES string of the molecule is N#Cc1c(N)sc2c(F)ccc(-c3c(Cl)c4c5c(nc(OC[C@@]67CCCN6C[C@H](F)C7)nc5c3F)N(CC(F)F)C3CCCOCC3O4)c12. The largest absolute Gasteiger partial charge is 0.483 e. The van der Waals surface area contributed by atoms with Crippen LogP contribution in [0.2, 0.25) is 5.02 Å². The summed E-state index contributed by atoms with van der Waals surface area (Å²) in [6.45, 7) is 0.652. The number of ether oxygens (including phenoxy) is 3. The Morgan fingerprint density at radius 2 is 2.06 bits per heavy atom. The Morgan fingerprint density at radius 1 is 1.22 bits per heavy atom. The van der Waals surface area contributed by atoms with Crippen LogP contribution in [0.5, 0.6) is 11.8 Å². The standard InChI is InChI=1S/C33H30ClF5N6O3S/c34-25-23(16-4-5-18(36)29-22(16)17(10-40)30(41)49-29)26(39)27-24-28(25)48-20-13-46-8-1-3-19(20)45(12-21(37)38)31(24)43-32(42-27)47-14-33-6-2-7-44(33)11-15(35)9-33/h4-5,15,19-21H,1-3,6-9,11-14,41H2/t15-,19?,20?,33+/m1/s1. The fourth-order valence-corrected chi connectivity index (χ4v) is 9.32. The number of alkyl halides is 3. The number of hydrogen-bond donors (Lipinski definition) is 1. The zero-order valence-corrected chi connectivity index (χ0v) is 27.5. The Kier molecular flexibility index (Phi) is 8.13. The number of nitrogen functional groups attached to an aromatic ring is 1. The molecule has 3 saturated heterocycles. The van der Waals surface area contributed by atoms with Gasteiger partial charge in [-0.3, -0.25) is 4.90 Å². The van der Waals surface area contributed by atoms with E-state index >= 15 is 8.78 Å². The molecule has 2 aromatic heterocycles. The molecule has 0 aliphatic carbocycles. The first-order valence-corrected chi connectivity index (χ1v) is 17.2. The van der Waals surface area contributed by atoms with Gasteiger partial charge < -0.3 is 24.8 Å². The van der Waals surface area contributed by atoms with Crippen molar-refractivity contribution in [2.24, 2.45) is 0 Å². The van der Waals surface area contributed by atoms with Crippen LogP contribution < -0.4 is 20.1 Å². The number of rotatable bonds is 6. The van der Waals surface area contributed by atoms with Gasteiger partial charge in [-0.05, 0) is 43.9 Å². The maximum absolute atomic E-state index is 17.2. The quantitative estimate of drug-likeness (QED) is 0.214. The minimum Gasteiger partial charge on any atom is -0.483 e. The number of aromatic nitrogens is 2. The number of benzene rings is 2. The average Bonchev–Trinajstić information content (AvgIpc) is 3.61. The molecule has 0 bridgehead atoms. The summed E-state index contributed by atoms with van der Waals surface area (Å²) in [6.07, 6.45) is -1.90. The van der Waals surface area contributed by atoms with E-state index in [-0.39, 0.29) is 91.5 Å². The van der Waals surface area contributed by atoms with Crippen molar-refractivity contribution in [2.45, 2.75) is 62.4 Å². The topological polar surface area (TPSA) is 110 Å². The fraction of sp³-hybridized carbons (Fsp3) is 0.485. The minimum absolute atomic E-state index is 0.0107. The molecular weight excluding hydrogens is 691 g/mol. The number of anilines is 2. The molecule has 4 aliphatic rings. The summed E-state index contributed by atoms with van der Waals surface area (Å²) >= 11 is 7.88. The van der Waals surface area contributed by atoms with Crippen LogP contribution in [0.1, 0.15) is 37.7 Å². The van der Waals surface area contributed by atoms with Crippen molar-refractivity contribution >= 4 is 54.7 Å². The van der Waals surface area contributed by atoms with Crippen LogP contribution in [0, 0.1) is 23.0 Å². The van der Waals surface area contributed by atoms with Crippen LogP contribution in [0.3, 0.4) is 0 Å². The van der Waals surface area contributed by atoms with Crippen LogP contribution in [0.4, 0.5) is 32.8 Å². The first kappa shape index (κ1) is 32.5. The van der Waals surface area contributed by atoms with Crippen molar-refractivity contribution in [3.63, 3.8) is 0 Å². The summed E-state index contributed by atoms with van der Waals surface area (Å²) in [6, 6.07) is 3.46. The van der Waals surface area contributed by atoms with Crippen LogP contribution >= 0.6 is 22.9 Å². The van der Waals surface area contributed by atoms with Gasteiger partial charge in [0.2, 0.25) is 0 Å². The lowest BCUT2D eigenvalue weighted by Crippen LogP contribution is -2.48. The molecule has 49 heavy (non-hydrogen) atoms. The van der Waals surface area contributed by atoms with E-state index in [1.165, 1.54) is 11.0 Å². The molecule has 16 heteroatoms. The van der Waals surface area contributed by atoms with E-state index in [1.807, 2.05) is 11.0 Å². The Bertz CT molecular complexity index is 2030. The molecular formula is C33H30ClF5N6O3S. The summed E-state index contributed by atoms with van der Waals surface area (Å²) < 4.78 is 93.8. The lowest BCUT2D eigenvalue weighted by Gasteiger charge is -2.34. The van der Waals surface area contributed by atoms with Crippen LogP contribution in [0.15, 0.2) is 12.1 Å². The monoisotopic (exact) mass is 720 g/mol. The van der Waals surface area contributed by atoms with E-state index in [9.17, 15) is 18.4 Å². The smallest absolute Gasteiger partial charge is 0.319 e. The molecule has 0 spiro atoms. The van der Waals surface area contributed by atoms with Gasteiger partial charge in [0.25, 0.3) is 6.43 Å². The van der Waals surface area contributed by atoms with E-state index in [0.29, 0.717) is 32.4 Å². The molecule has 9 nitrogen and oxygen atoms in total. The molecule has 3 fully saturated rings. The zero-order valence-electron chi connectivity index (χ0n) is 26.0. The Balaban J connectivity index is 1.38. The summed E-state index contributed by atoms with van der Waals surface area (Å²) in [5, 5.41) is 9.76. The number of nitriles is 1. The lowest BCUT2D eigenvalue weighted by atomic mass is 9.95. The maximum atomic E-state index is 17.2. The Morgan fingerprint density at radius 3 is 2.86 bits per heavy atom. The Labute approximate surface area is 286 Å². The molecule has 2 N–H and O–H groups in total. The molecule has 8 rings (SSSR count). The minimum atomic E-state index is -2.80. The average molecular weight is 721 g/mol. The molecule has 6 heterocycles. The van der Waals surface area contributed by atoms with Gasteiger partial charge in [-0.25, -0.2) is 22.0 Å². The van der Waals surface area contributed by atoms with Crippen molar-refractivity contribution in [1.82, 2.24) is 14.9 Å². The van der Waals surface area contributed by atoms with Gasteiger partial charge in [0.15, 0.2) is 11.6 Å². The first-order valence-electron chi connectivity index (χ1n) is 16.0. The number of hydrogen-bond acceptors (Lipinski definition) is 10. The molecule has 4 aliphatic heterocycles. The summed E-state index contributed by atoms with van der Waals surface area (Å²) in [7, 11) is 0. The van der Waals surface area contributed by atoms with Gasteiger partial charge >= 0.3 is 6.01 Å². The normalized spacial score (nSPS) is 25.3. The maximum Gasteiger partial charge on any atom is 0.319 e. The third-order valence-corrected chi connectivity index (χ3v) is 11.5. The van der Waals surface area contributed by atoms with E-state index in [1.54, 1.807) is 0 Å². The van der Waals surface area contributed by atoms with Gasteiger partial charge in [0, 0.05) is 30.5 Å². The highest BCUT2D eigenvalue weighted by Crippen LogP contribution is 2.52. The van der Waals surface area contributed by atoms with Crippen molar-refractivity contribution < 1.29 is 36.2 Å². The van der Waals surface area contributed by atoms with Gasteiger partial charge in [0.1, 0.15) is 47.1 Å². The van der Waals surface area contributed by atoms with E-state index in [0.717, 1.165) is 23.8 Å². The highest BCUT2D eigenvalue weighted by molar-refractivity contribution is 7.23. The second-order valence-electron chi connectivity index (χ2n) is 13.0. The molecule has 0 saturated carbocycles. The predicted octanol–water partition coefficient (Wildman–Crippen LogP) is 6.86. The van der Waals surface area contributed by atoms with E-state index in [4.69, 9.17) is 31.5 Å². The molecule has 4 aromatic rings. The second kappa shape index (κ2) is 12.3. The first-order chi connectivity index (χ1) is 23.6. The number of fused-ring (bicyclic) bond motifs is 3. The van der Waals surface area contributed by atoms with Crippen LogP contribution in [-0.2, 0) is 4.74 Å². The molecule has 258 valence electrons. The molecule has 0 amide bonds. The predicted molar refractivity (Wildman–Crippen MR) is 175 cm³/mol. The number of halogens is 6. The molecule has 2 aromatic carbocycles. The summed E-state index contributed by atoms with van der Waals surface area (Å²) in [4.78, 5) is 12.5. The third kappa shape index (κ3) is 5.21. The summed E-state index contributed by atoms with van der Waals surface area (Å²) in [5.41, 5.74) is 4.92. The zero-order chi connectivity index (χ0) is 34.2. The van der Waals surface area contributed by atoms with Gasteiger partial charge in [-0.15, -0.1) is 11.3 Å². The van der Waals surface area contributed by atoms with Crippen LogP contribution in [0.25, 0.3) is 32.1 Å². The van der Waals surface area contributed by atoms with Gasteiger partial charge in [0.05, 0.1) is 45.4 Å². The van der Waals surface area contributed by atoms with Crippen molar-refractivity contribution in [3.8, 4) is 29.0 Å². The van der Waals surface area contributed by atoms with Gasteiger partial charge in [-0.2, -0.15) is 15.2 Å². The highest BCUT2D eigenvalue weighted by atomic mass is 35.5. The molecule has 0 radical (unpaired) electrons. The van der Waals surface area contributed by atoms with Crippen molar-refractivity contribution in [3.05, 3.63) is 34.4 Å². The second-order valence-corrected chi connectivity index (χ2v) is 14.4. The lowest BCUT2D eigenvalue weighted by molar-refractivity contribution is 0.0561. The van der Waals surface area contributed by atoms with Crippen LogP contribution in [-0.4, -0.2) is 84.6 Å². The van der Waals surface area contributed by atoms with Crippen molar-refractivity contribution in [1.29, 1.82) is 5.26 Å². The molecule has 4 atom stereocenters. The Hall–Kier alpha value is -3.71. The number of thiophene rings is 1. The molecule has 2 unspecified atom stereocenters. The van der Waals surface area contributed by atoms with Crippen molar-refractivity contribution in [2.75, 3.05) is 50.1 Å². The van der Waals surface area contributed by atoms with E-state index in [2.05, 4.69) is 9.97 Å². The summed E-state index contributed by atoms with van der Waals surface area (Å²) in [5.74, 6) is -1.76. The fourth-order valence-electron chi connectivity index (χ4n) is 8.05.